The minimum Gasteiger partial charge on any atom is -0.493 e. The highest BCUT2D eigenvalue weighted by Gasteiger charge is 2.14. The molecule has 0 aromatic carbocycles. The molecule has 0 unspecified atom stereocenters. The Morgan fingerprint density at radius 1 is 1.77 bits per heavy atom. The van der Waals surface area contributed by atoms with Gasteiger partial charge in [-0.1, -0.05) is 0 Å². The highest BCUT2D eigenvalue weighted by Crippen LogP contribution is 2.15. The third-order valence-electron chi connectivity index (χ3n) is 1.23. The second-order valence-electron chi connectivity index (χ2n) is 2.10. The quantitative estimate of drug-likeness (QED) is 0.573. The van der Waals surface area contributed by atoms with Crippen LogP contribution in [-0.4, -0.2) is 27.7 Å². The molecule has 1 N–H and O–H groups in total. The summed E-state index contributed by atoms with van der Waals surface area (Å²) in [6, 6.07) is 0. The summed E-state index contributed by atoms with van der Waals surface area (Å²) in [5.74, 6) is -1.14. The van der Waals surface area contributed by atoms with E-state index in [0.717, 1.165) is 6.20 Å². The molecule has 13 heavy (non-hydrogen) atoms. The Labute approximate surface area is 79.3 Å². The minimum atomic E-state index is -0.670. The van der Waals surface area contributed by atoms with E-state index < -0.39 is 11.8 Å². The first-order valence-corrected chi connectivity index (χ1v) is 3.91. The standard InChI is InChI=1S/C7H7ClN2O3/c1-2-13-6(12)4-3-9-7(8)10-5(4)11/h3H,2H2,1H3,(H,9,10,11). The number of hydrogen-bond donors (Lipinski definition) is 1. The molecule has 70 valence electrons. The van der Waals surface area contributed by atoms with Gasteiger partial charge < -0.3 is 9.84 Å². The molecule has 0 radical (unpaired) electrons. The van der Waals surface area contributed by atoms with Gasteiger partial charge in [0.05, 0.1) is 12.8 Å². The normalized spacial score (nSPS) is 9.69. The summed E-state index contributed by atoms with van der Waals surface area (Å²) in [7, 11) is 0. The lowest BCUT2D eigenvalue weighted by Gasteiger charge is -2.01. The Morgan fingerprint density at radius 3 is 3.00 bits per heavy atom. The Balaban J connectivity index is 2.95. The molecule has 0 saturated carbocycles. The molecule has 0 aliphatic carbocycles. The molecule has 1 heterocycles. The Hall–Kier alpha value is -1.36. The van der Waals surface area contributed by atoms with Gasteiger partial charge in [0.2, 0.25) is 11.2 Å². The zero-order valence-electron chi connectivity index (χ0n) is 6.82. The topological polar surface area (TPSA) is 72.3 Å². The van der Waals surface area contributed by atoms with E-state index in [2.05, 4.69) is 14.7 Å². The Bertz CT molecular complexity index is 330. The second-order valence-corrected chi connectivity index (χ2v) is 2.43. The molecule has 0 aliphatic heterocycles. The number of carbonyl (C=O) groups is 1. The van der Waals surface area contributed by atoms with Gasteiger partial charge in [0.15, 0.2) is 0 Å². The lowest BCUT2D eigenvalue weighted by Crippen LogP contribution is -2.06. The molecule has 0 atom stereocenters. The van der Waals surface area contributed by atoms with Crippen LogP contribution in [0.2, 0.25) is 5.28 Å². The van der Waals surface area contributed by atoms with E-state index in [1.54, 1.807) is 6.92 Å². The highest BCUT2D eigenvalue weighted by atomic mass is 35.5. The smallest absolute Gasteiger partial charge is 0.345 e. The molecule has 0 saturated heterocycles. The van der Waals surface area contributed by atoms with Crippen molar-refractivity contribution in [3.8, 4) is 5.88 Å². The predicted octanol–water partition coefficient (Wildman–Crippen LogP) is 1.01. The molecule has 1 aromatic heterocycles. The van der Waals surface area contributed by atoms with Crippen LogP contribution in [-0.2, 0) is 4.74 Å². The first kappa shape index (κ1) is 9.73. The van der Waals surface area contributed by atoms with Crippen molar-refractivity contribution in [2.24, 2.45) is 0 Å². The number of carbonyl (C=O) groups excluding carboxylic acids is 1. The fourth-order valence-corrected chi connectivity index (χ4v) is 0.834. The zero-order valence-corrected chi connectivity index (χ0v) is 7.58. The van der Waals surface area contributed by atoms with Gasteiger partial charge in [-0.25, -0.2) is 9.78 Å². The van der Waals surface area contributed by atoms with E-state index in [1.807, 2.05) is 0 Å². The second kappa shape index (κ2) is 4.04. The van der Waals surface area contributed by atoms with Gasteiger partial charge >= 0.3 is 5.97 Å². The van der Waals surface area contributed by atoms with Gasteiger partial charge in [0.1, 0.15) is 5.56 Å². The molecule has 0 fully saturated rings. The van der Waals surface area contributed by atoms with Crippen molar-refractivity contribution < 1.29 is 14.6 Å². The van der Waals surface area contributed by atoms with Crippen molar-refractivity contribution in [2.75, 3.05) is 6.61 Å². The van der Waals surface area contributed by atoms with Gasteiger partial charge in [-0.15, -0.1) is 0 Å². The van der Waals surface area contributed by atoms with Gasteiger partial charge in [-0.2, -0.15) is 4.98 Å². The van der Waals surface area contributed by atoms with Crippen molar-refractivity contribution in [3.05, 3.63) is 17.0 Å². The number of aromatic hydroxyl groups is 1. The van der Waals surface area contributed by atoms with Crippen LogP contribution >= 0.6 is 11.6 Å². The van der Waals surface area contributed by atoms with Crippen LogP contribution in [0.3, 0.4) is 0 Å². The maximum absolute atomic E-state index is 11.1. The molecular weight excluding hydrogens is 196 g/mol. The van der Waals surface area contributed by atoms with Crippen molar-refractivity contribution in [3.63, 3.8) is 0 Å². The first-order valence-electron chi connectivity index (χ1n) is 3.53. The number of aromatic nitrogens is 2. The molecular formula is C7H7ClN2O3. The molecule has 0 bridgehead atoms. The molecule has 0 amide bonds. The van der Waals surface area contributed by atoms with E-state index in [-0.39, 0.29) is 17.5 Å². The summed E-state index contributed by atoms with van der Waals surface area (Å²) in [5, 5.41) is 9.03. The van der Waals surface area contributed by atoms with Crippen molar-refractivity contribution in [1.29, 1.82) is 0 Å². The molecule has 0 spiro atoms. The Kier molecular flexibility index (Phi) is 3.02. The molecule has 5 nitrogen and oxygen atoms in total. The van der Waals surface area contributed by atoms with E-state index >= 15 is 0 Å². The van der Waals surface area contributed by atoms with E-state index in [9.17, 15) is 4.79 Å². The third-order valence-corrected chi connectivity index (χ3v) is 1.42. The fourth-order valence-electron chi connectivity index (χ4n) is 0.705. The Morgan fingerprint density at radius 2 is 2.46 bits per heavy atom. The fraction of sp³-hybridized carbons (Fsp3) is 0.286. The van der Waals surface area contributed by atoms with Gasteiger partial charge in [-0.3, -0.25) is 0 Å². The first-order chi connectivity index (χ1) is 6.15. The number of nitrogens with zero attached hydrogens (tertiary/aromatic N) is 2. The average Bonchev–Trinajstić information content (AvgIpc) is 2.04. The number of hydrogen-bond acceptors (Lipinski definition) is 5. The van der Waals surface area contributed by atoms with E-state index in [0.29, 0.717) is 0 Å². The summed E-state index contributed by atoms with van der Waals surface area (Å²) in [6.07, 6.45) is 1.11. The number of rotatable bonds is 2. The van der Waals surface area contributed by atoms with Crippen LogP contribution in [0.15, 0.2) is 6.20 Å². The molecule has 1 aromatic rings. The van der Waals surface area contributed by atoms with Crippen LogP contribution in [0.25, 0.3) is 0 Å². The van der Waals surface area contributed by atoms with Crippen molar-refractivity contribution in [1.82, 2.24) is 9.97 Å². The van der Waals surface area contributed by atoms with Crippen LogP contribution < -0.4 is 0 Å². The van der Waals surface area contributed by atoms with Crippen LogP contribution in [0.5, 0.6) is 5.88 Å². The maximum Gasteiger partial charge on any atom is 0.345 e. The summed E-state index contributed by atoms with van der Waals surface area (Å²) >= 11 is 5.36. The average molecular weight is 203 g/mol. The van der Waals surface area contributed by atoms with Gasteiger partial charge in [0, 0.05) is 0 Å². The van der Waals surface area contributed by atoms with Crippen LogP contribution in [0.4, 0.5) is 0 Å². The summed E-state index contributed by atoms with van der Waals surface area (Å²) < 4.78 is 4.63. The third kappa shape index (κ3) is 2.29. The minimum absolute atomic E-state index is 0.0914. The number of ether oxygens (including phenoxy) is 1. The van der Waals surface area contributed by atoms with Crippen LogP contribution in [0.1, 0.15) is 17.3 Å². The molecule has 6 heteroatoms. The summed E-state index contributed by atoms with van der Waals surface area (Å²) in [6.45, 7) is 1.88. The van der Waals surface area contributed by atoms with Gasteiger partial charge in [-0.05, 0) is 18.5 Å². The number of halogens is 1. The lowest BCUT2D eigenvalue weighted by atomic mass is 10.3. The monoisotopic (exact) mass is 202 g/mol. The predicted molar refractivity (Wildman–Crippen MR) is 44.7 cm³/mol. The van der Waals surface area contributed by atoms with Gasteiger partial charge in [0.25, 0.3) is 0 Å². The summed E-state index contributed by atoms with van der Waals surface area (Å²) in [4.78, 5) is 18.0. The van der Waals surface area contributed by atoms with E-state index in [4.69, 9.17) is 16.7 Å². The lowest BCUT2D eigenvalue weighted by molar-refractivity contribution is 0.0521. The van der Waals surface area contributed by atoms with E-state index in [1.165, 1.54) is 0 Å². The highest BCUT2D eigenvalue weighted by molar-refractivity contribution is 6.28. The van der Waals surface area contributed by atoms with Crippen molar-refractivity contribution >= 4 is 17.6 Å². The zero-order chi connectivity index (χ0) is 9.84. The van der Waals surface area contributed by atoms with Crippen LogP contribution in [0, 0.1) is 0 Å². The summed E-state index contributed by atoms with van der Waals surface area (Å²) in [5.41, 5.74) is -0.0914. The van der Waals surface area contributed by atoms with Crippen molar-refractivity contribution in [2.45, 2.75) is 6.92 Å². The number of esters is 1. The largest absolute Gasteiger partial charge is 0.493 e. The molecule has 1 rings (SSSR count). The maximum atomic E-state index is 11.1. The molecule has 0 aliphatic rings. The SMILES string of the molecule is CCOC(=O)c1cnc(Cl)nc1O.